The molecule has 1 aromatic heterocycles. The van der Waals surface area contributed by atoms with Crippen molar-refractivity contribution in [3.63, 3.8) is 0 Å². The van der Waals surface area contributed by atoms with Gasteiger partial charge in [0.25, 0.3) is 0 Å². The van der Waals surface area contributed by atoms with Gasteiger partial charge in [-0.2, -0.15) is 0 Å². The highest BCUT2D eigenvalue weighted by Crippen LogP contribution is 2.48. The van der Waals surface area contributed by atoms with E-state index in [-0.39, 0.29) is 10.5 Å². The van der Waals surface area contributed by atoms with Gasteiger partial charge in [-0.15, -0.1) is 0 Å². The third kappa shape index (κ3) is 2.54. The summed E-state index contributed by atoms with van der Waals surface area (Å²) in [6.07, 6.45) is 5.70. The molecule has 0 radical (unpaired) electrons. The van der Waals surface area contributed by atoms with Crippen molar-refractivity contribution in [2.24, 2.45) is 0 Å². The maximum absolute atomic E-state index is 3.92. The van der Waals surface area contributed by atoms with E-state index in [1.165, 1.54) is 25.1 Å². The van der Waals surface area contributed by atoms with Gasteiger partial charge in [0.1, 0.15) is 0 Å². The van der Waals surface area contributed by atoms with Crippen LogP contribution in [-0.4, -0.2) is 0 Å². The Bertz CT molecular complexity index is 1060. The average Bonchev–Trinajstić information content (AvgIpc) is 3.00. The van der Waals surface area contributed by atoms with Crippen molar-refractivity contribution in [2.75, 3.05) is 0 Å². The summed E-state index contributed by atoms with van der Waals surface area (Å²) in [5, 5.41) is 2.62. The van der Waals surface area contributed by atoms with Crippen LogP contribution in [0.1, 0.15) is 16.7 Å². The fourth-order valence-electron chi connectivity index (χ4n) is 3.24. The lowest BCUT2D eigenvalue weighted by molar-refractivity contribution is 1.70. The predicted octanol–water partition coefficient (Wildman–Crippen LogP) is 7.66. The van der Waals surface area contributed by atoms with Crippen LogP contribution in [-0.2, 0) is 0 Å². The van der Waals surface area contributed by atoms with Gasteiger partial charge in [-0.3, -0.25) is 0 Å². The fraction of sp³-hybridized carbons (Fsp3) is 0. The zero-order valence-electron chi connectivity index (χ0n) is 14.0. The summed E-state index contributed by atoms with van der Waals surface area (Å²) in [4.78, 5) is 1.34. The second-order valence-corrected chi connectivity index (χ2v) is 7.96. The van der Waals surface area contributed by atoms with E-state index < -0.39 is 0 Å². The molecule has 4 aromatic rings. The molecule has 0 unspecified atom stereocenters. The monoisotopic (exact) mass is 339 g/mol. The zero-order chi connectivity index (χ0) is 17.4. The van der Waals surface area contributed by atoms with Crippen LogP contribution >= 0.6 is 10.5 Å². The molecule has 0 spiro atoms. The van der Waals surface area contributed by atoms with Crippen LogP contribution in [0.5, 0.6) is 0 Å². The fourth-order valence-corrected chi connectivity index (χ4v) is 5.58. The number of rotatable bonds is 4. The largest absolute Gasteiger partial charge is 0.187 e. The molecule has 25 heavy (non-hydrogen) atoms. The first-order chi connectivity index (χ1) is 12.2. The molecule has 0 atom stereocenters. The first-order valence-electron chi connectivity index (χ1n) is 8.25. The Labute approximate surface area is 151 Å². The third-order valence-electron chi connectivity index (χ3n) is 4.56. The molecule has 0 N–H and O–H groups in total. The summed E-state index contributed by atoms with van der Waals surface area (Å²) in [5.74, 6) is 0. The van der Waals surface area contributed by atoms with Crippen LogP contribution in [0, 0.1) is 0 Å². The van der Waals surface area contributed by atoms with Crippen LogP contribution in [0.25, 0.3) is 43.3 Å². The molecular formula is C24H19S+. The molecule has 0 saturated heterocycles. The Morgan fingerprint density at radius 1 is 0.560 bits per heavy atom. The summed E-state index contributed by atoms with van der Waals surface area (Å²) in [6, 6.07) is 22.1. The molecule has 4 rings (SSSR count). The molecule has 0 aliphatic heterocycles. The lowest BCUT2D eigenvalue weighted by Crippen LogP contribution is -1.74. The Morgan fingerprint density at radius 2 is 1.00 bits per heavy atom. The molecule has 0 nitrogen and oxygen atoms in total. The van der Waals surface area contributed by atoms with Crippen molar-refractivity contribution >= 4 is 48.9 Å². The number of fused-ring (bicyclic) bond motifs is 3. The van der Waals surface area contributed by atoms with Crippen molar-refractivity contribution in [1.29, 1.82) is 0 Å². The van der Waals surface area contributed by atoms with Gasteiger partial charge < -0.3 is 0 Å². The first-order valence-corrected chi connectivity index (χ1v) is 9.48. The molecule has 0 fully saturated rings. The highest BCUT2D eigenvalue weighted by atomic mass is 32.2. The van der Waals surface area contributed by atoms with Gasteiger partial charge in [-0.25, -0.2) is 0 Å². The Balaban J connectivity index is 2.11. The number of hydrogen-bond donors (Lipinski definition) is 0. The summed E-state index contributed by atoms with van der Waals surface area (Å²) in [6.45, 7) is 11.7. The minimum absolute atomic E-state index is 0.0742. The third-order valence-corrected chi connectivity index (χ3v) is 6.90. The standard InChI is InChI=1S/C24H19S/c1-4-17-7-11-20(12-8-17)25-23-13-9-18(5-2)15-21(23)22-16-19(6-3)10-14-24(22)25/h4-16H,1-3H2/q+1. The van der Waals surface area contributed by atoms with Gasteiger partial charge in [-0.05, 0) is 77.4 Å². The van der Waals surface area contributed by atoms with Crippen LogP contribution in [0.15, 0.2) is 80.4 Å². The quantitative estimate of drug-likeness (QED) is 0.335. The summed E-state index contributed by atoms with van der Waals surface area (Å²) in [7, 11) is -0.0742. The topological polar surface area (TPSA) is 0 Å². The van der Waals surface area contributed by atoms with Crippen LogP contribution < -0.4 is 0 Å². The molecule has 3 aromatic carbocycles. The van der Waals surface area contributed by atoms with Crippen LogP contribution in [0.2, 0.25) is 0 Å². The smallest absolute Gasteiger partial charge is 0.0985 e. The molecule has 0 bridgehead atoms. The normalized spacial score (nSPS) is 10.9. The van der Waals surface area contributed by atoms with Crippen LogP contribution in [0.3, 0.4) is 0 Å². The van der Waals surface area contributed by atoms with Gasteiger partial charge in [-0.1, -0.05) is 38.0 Å². The molecule has 0 aliphatic carbocycles. The van der Waals surface area contributed by atoms with E-state index in [0.29, 0.717) is 0 Å². The van der Waals surface area contributed by atoms with Gasteiger partial charge in [0, 0.05) is 21.2 Å². The van der Waals surface area contributed by atoms with Gasteiger partial charge in [0.15, 0.2) is 14.3 Å². The zero-order valence-corrected chi connectivity index (χ0v) is 14.9. The Hall–Kier alpha value is -2.90. The Morgan fingerprint density at radius 3 is 1.44 bits per heavy atom. The maximum atomic E-state index is 3.92. The molecule has 0 saturated carbocycles. The summed E-state index contributed by atoms with van der Waals surface area (Å²) in [5.41, 5.74) is 3.46. The second kappa shape index (κ2) is 6.19. The molecule has 0 amide bonds. The molecule has 0 aliphatic rings. The van der Waals surface area contributed by atoms with Crippen molar-refractivity contribution in [2.45, 2.75) is 0 Å². The van der Waals surface area contributed by atoms with Gasteiger partial charge >= 0.3 is 0 Å². The lowest BCUT2D eigenvalue weighted by Gasteiger charge is -1.96. The molecule has 1 heteroatoms. The van der Waals surface area contributed by atoms with Crippen LogP contribution in [0.4, 0.5) is 0 Å². The predicted molar refractivity (Wildman–Crippen MR) is 116 cm³/mol. The highest BCUT2D eigenvalue weighted by molar-refractivity contribution is 7.50. The van der Waals surface area contributed by atoms with Crippen molar-refractivity contribution in [1.82, 2.24) is 0 Å². The van der Waals surface area contributed by atoms with E-state index in [4.69, 9.17) is 0 Å². The van der Waals surface area contributed by atoms with E-state index in [1.807, 2.05) is 18.2 Å². The minimum atomic E-state index is -0.0742. The Kier molecular flexibility index (Phi) is 3.87. The summed E-state index contributed by atoms with van der Waals surface area (Å²) >= 11 is 0. The summed E-state index contributed by atoms with van der Waals surface area (Å²) < 4.78 is 2.77. The lowest BCUT2D eigenvalue weighted by atomic mass is 10.1. The highest BCUT2D eigenvalue weighted by Gasteiger charge is 2.23. The van der Waals surface area contributed by atoms with Crippen molar-refractivity contribution in [3.8, 4) is 4.90 Å². The second-order valence-electron chi connectivity index (χ2n) is 6.00. The van der Waals surface area contributed by atoms with E-state index in [0.717, 1.165) is 16.7 Å². The molecular weight excluding hydrogens is 320 g/mol. The van der Waals surface area contributed by atoms with E-state index in [1.54, 1.807) is 0 Å². The number of hydrogen-bond acceptors (Lipinski definition) is 0. The van der Waals surface area contributed by atoms with E-state index in [9.17, 15) is 0 Å². The van der Waals surface area contributed by atoms with Crippen molar-refractivity contribution < 1.29 is 0 Å². The number of benzene rings is 3. The minimum Gasteiger partial charge on any atom is -0.0985 e. The number of thiophene rings is 1. The van der Waals surface area contributed by atoms with E-state index >= 15 is 0 Å². The first kappa shape index (κ1) is 15.6. The SMILES string of the molecule is C=Cc1ccc(-[s+]2c3ccc(C=C)cc3c3cc(C=C)ccc32)cc1. The molecule has 120 valence electrons. The van der Waals surface area contributed by atoms with Gasteiger partial charge in [0.2, 0.25) is 0 Å². The average molecular weight is 339 g/mol. The van der Waals surface area contributed by atoms with Gasteiger partial charge in [0.05, 0.1) is 0 Å². The van der Waals surface area contributed by atoms with Crippen molar-refractivity contribution in [3.05, 3.63) is 97.1 Å². The maximum Gasteiger partial charge on any atom is 0.187 e. The van der Waals surface area contributed by atoms with E-state index in [2.05, 4.69) is 80.4 Å². The molecule has 1 heterocycles.